The maximum absolute atomic E-state index is 13.0. The number of aromatic nitrogens is 2. The Bertz CT molecular complexity index is 856. The molecule has 0 saturated carbocycles. The summed E-state index contributed by atoms with van der Waals surface area (Å²) in [5.74, 6) is -0.552. The largest absolute Gasteiger partial charge is 0.493 e. The number of nitrogens with zero attached hydrogens (tertiary/aromatic N) is 3. The van der Waals surface area contributed by atoms with Crippen molar-refractivity contribution in [3.63, 3.8) is 0 Å². The van der Waals surface area contributed by atoms with E-state index < -0.39 is 17.6 Å². The summed E-state index contributed by atoms with van der Waals surface area (Å²) in [4.78, 5) is 21.2. The van der Waals surface area contributed by atoms with E-state index in [1.54, 1.807) is 4.90 Å². The summed E-state index contributed by atoms with van der Waals surface area (Å²) in [6.07, 6.45) is -1.18. The third kappa shape index (κ3) is 5.21. The third-order valence-corrected chi connectivity index (χ3v) is 4.51. The van der Waals surface area contributed by atoms with Gasteiger partial charge >= 0.3 is 6.18 Å². The molecule has 0 spiro atoms. The average molecular weight is 410 g/mol. The van der Waals surface area contributed by atoms with E-state index in [2.05, 4.69) is 21.9 Å². The highest BCUT2D eigenvalue weighted by Crippen LogP contribution is 2.30. The molecular formula is C19H18F4N4O2. The summed E-state index contributed by atoms with van der Waals surface area (Å²) in [5.41, 5.74) is -0.763. The maximum atomic E-state index is 13.0. The van der Waals surface area contributed by atoms with E-state index in [1.165, 1.54) is 18.2 Å². The van der Waals surface area contributed by atoms with Crippen LogP contribution in [0.3, 0.4) is 0 Å². The highest BCUT2D eigenvalue weighted by molar-refractivity contribution is 5.87. The Hall–Kier alpha value is -3.17. The molecule has 1 saturated heterocycles. The summed E-state index contributed by atoms with van der Waals surface area (Å²) in [6.45, 7) is 4.29. The first-order valence-electron chi connectivity index (χ1n) is 8.71. The number of ether oxygens (including phenoxy) is 1. The molecule has 3 rings (SSSR count). The van der Waals surface area contributed by atoms with Crippen molar-refractivity contribution in [1.29, 1.82) is 0 Å². The third-order valence-electron chi connectivity index (χ3n) is 4.51. The lowest BCUT2D eigenvalue weighted by molar-refractivity contribution is -0.137. The van der Waals surface area contributed by atoms with Gasteiger partial charge in [0.05, 0.1) is 30.6 Å². The van der Waals surface area contributed by atoms with E-state index in [9.17, 15) is 22.4 Å². The van der Waals surface area contributed by atoms with E-state index in [0.29, 0.717) is 13.1 Å². The SMILES string of the molecule is C=CC(=O)N1C[C@@H](COc2ccc(C(F)(F)F)cc2)[C@H](Nc2ncc(F)cn2)C1. The molecule has 1 aliphatic rings. The van der Waals surface area contributed by atoms with Gasteiger partial charge in [0.1, 0.15) is 5.75 Å². The van der Waals surface area contributed by atoms with E-state index in [1.807, 2.05) is 0 Å². The van der Waals surface area contributed by atoms with Gasteiger partial charge in [0, 0.05) is 19.0 Å². The fraction of sp³-hybridized carbons (Fsp3) is 0.316. The lowest BCUT2D eigenvalue weighted by atomic mass is 10.1. The van der Waals surface area contributed by atoms with Gasteiger partial charge in [-0.25, -0.2) is 14.4 Å². The van der Waals surface area contributed by atoms with Crippen molar-refractivity contribution in [1.82, 2.24) is 14.9 Å². The topological polar surface area (TPSA) is 67.3 Å². The van der Waals surface area contributed by atoms with Crippen molar-refractivity contribution in [2.75, 3.05) is 25.0 Å². The zero-order chi connectivity index (χ0) is 21.0. The van der Waals surface area contributed by atoms with Crippen LogP contribution in [0.1, 0.15) is 5.56 Å². The molecule has 2 heterocycles. The molecule has 1 aliphatic heterocycles. The lowest BCUT2D eigenvalue weighted by Crippen LogP contribution is -2.33. The molecule has 0 radical (unpaired) electrons. The van der Waals surface area contributed by atoms with Gasteiger partial charge in [-0.2, -0.15) is 13.2 Å². The Morgan fingerprint density at radius 3 is 2.48 bits per heavy atom. The lowest BCUT2D eigenvalue weighted by Gasteiger charge is -2.20. The van der Waals surface area contributed by atoms with Crippen molar-refractivity contribution in [2.24, 2.45) is 5.92 Å². The van der Waals surface area contributed by atoms with Crippen LogP contribution in [0.25, 0.3) is 0 Å². The Morgan fingerprint density at radius 2 is 1.90 bits per heavy atom. The number of amides is 1. The number of carbonyl (C=O) groups excluding carboxylic acids is 1. The van der Waals surface area contributed by atoms with Crippen LogP contribution in [0.2, 0.25) is 0 Å². The smallest absolute Gasteiger partial charge is 0.416 e. The van der Waals surface area contributed by atoms with E-state index in [4.69, 9.17) is 4.74 Å². The van der Waals surface area contributed by atoms with Crippen molar-refractivity contribution < 1.29 is 27.1 Å². The molecule has 1 amide bonds. The zero-order valence-electron chi connectivity index (χ0n) is 15.2. The number of nitrogens with one attached hydrogen (secondary N) is 1. The summed E-state index contributed by atoms with van der Waals surface area (Å²) < 4.78 is 56.6. The molecule has 1 aromatic heterocycles. The minimum Gasteiger partial charge on any atom is -0.493 e. The molecule has 6 nitrogen and oxygen atoms in total. The van der Waals surface area contributed by atoms with Crippen molar-refractivity contribution in [2.45, 2.75) is 12.2 Å². The molecule has 2 aromatic rings. The van der Waals surface area contributed by atoms with Crippen LogP contribution in [-0.4, -0.2) is 46.5 Å². The van der Waals surface area contributed by atoms with Gasteiger partial charge in [0.2, 0.25) is 11.9 Å². The number of hydrogen-bond donors (Lipinski definition) is 1. The van der Waals surface area contributed by atoms with Crippen LogP contribution in [-0.2, 0) is 11.0 Å². The molecule has 1 aromatic carbocycles. The molecule has 2 atom stereocenters. The monoisotopic (exact) mass is 410 g/mol. The first kappa shape index (κ1) is 20.6. The Kier molecular flexibility index (Phi) is 6.00. The zero-order valence-corrected chi connectivity index (χ0v) is 15.2. The minimum atomic E-state index is -4.42. The summed E-state index contributed by atoms with van der Waals surface area (Å²) in [7, 11) is 0. The van der Waals surface area contributed by atoms with E-state index in [0.717, 1.165) is 24.5 Å². The predicted molar refractivity (Wildman–Crippen MR) is 96.6 cm³/mol. The van der Waals surface area contributed by atoms with Gasteiger partial charge in [0.15, 0.2) is 5.82 Å². The van der Waals surface area contributed by atoms with Crippen LogP contribution in [0.4, 0.5) is 23.5 Å². The van der Waals surface area contributed by atoms with Gasteiger partial charge in [-0.3, -0.25) is 4.79 Å². The first-order valence-corrected chi connectivity index (χ1v) is 8.71. The van der Waals surface area contributed by atoms with Crippen LogP contribution in [0, 0.1) is 11.7 Å². The second-order valence-electron chi connectivity index (χ2n) is 6.52. The van der Waals surface area contributed by atoms with Gasteiger partial charge in [-0.1, -0.05) is 6.58 Å². The van der Waals surface area contributed by atoms with Gasteiger partial charge in [-0.05, 0) is 30.3 Å². The second kappa shape index (κ2) is 8.46. The Morgan fingerprint density at radius 1 is 1.24 bits per heavy atom. The Balaban J connectivity index is 1.67. The normalized spacial score (nSPS) is 19.1. The van der Waals surface area contributed by atoms with E-state index in [-0.39, 0.29) is 36.2 Å². The van der Waals surface area contributed by atoms with Crippen molar-refractivity contribution in [3.8, 4) is 5.75 Å². The molecule has 0 aliphatic carbocycles. The number of rotatable bonds is 6. The number of hydrogen-bond acceptors (Lipinski definition) is 5. The number of alkyl halides is 3. The minimum absolute atomic E-state index is 0.144. The van der Waals surface area contributed by atoms with Crippen LogP contribution in [0.15, 0.2) is 49.3 Å². The predicted octanol–water partition coefficient (Wildman–Crippen LogP) is 3.14. The van der Waals surface area contributed by atoms with Crippen LogP contribution in [0.5, 0.6) is 5.75 Å². The number of halogens is 4. The van der Waals surface area contributed by atoms with Gasteiger partial charge in [-0.15, -0.1) is 0 Å². The highest BCUT2D eigenvalue weighted by Gasteiger charge is 2.35. The molecule has 154 valence electrons. The molecular weight excluding hydrogens is 392 g/mol. The quantitative estimate of drug-likeness (QED) is 0.586. The molecule has 10 heteroatoms. The fourth-order valence-corrected chi connectivity index (χ4v) is 3.01. The number of likely N-dealkylation sites (tertiary alicyclic amines) is 1. The van der Waals surface area contributed by atoms with E-state index >= 15 is 0 Å². The maximum Gasteiger partial charge on any atom is 0.416 e. The van der Waals surface area contributed by atoms with Gasteiger partial charge in [0.25, 0.3) is 0 Å². The molecule has 1 fully saturated rings. The summed E-state index contributed by atoms with van der Waals surface area (Å²) in [6, 6.07) is 4.09. The second-order valence-corrected chi connectivity index (χ2v) is 6.52. The van der Waals surface area contributed by atoms with Gasteiger partial charge < -0.3 is 15.0 Å². The number of benzene rings is 1. The molecule has 29 heavy (non-hydrogen) atoms. The fourth-order valence-electron chi connectivity index (χ4n) is 3.01. The van der Waals surface area contributed by atoms with Crippen LogP contribution >= 0.6 is 0 Å². The molecule has 1 N–H and O–H groups in total. The van der Waals surface area contributed by atoms with Crippen molar-refractivity contribution in [3.05, 3.63) is 60.7 Å². The standard InChI is InChI=1S/C19H18F4N4O2/c1-2-17(28)27-9-12(16(10-27)26-18-24-7-14(20)8-25-18)11-29-15-5-3-13(4-6-15)19(21,22)23/h2-8,12,16H,1,9-11H2,(H,24,25,26)/t12-,16+/m0/s1. The number of anilines is 1. The Labute approximate surface area is 164 Å². The highest BCUT2D eigenvalue weighted by atomic mass is 19.4. The summed E-state index contributed by atoms with van der Waals surface area (Å²) in [5, 5.41) is 3.05. The van der Waals surface area contributed by atoms with Crippen LogP contribution < -0.4 is 10.1 Å². The molecule has 0 bridgehead atoms. The summed E-state index contributed by atoms with van der Waals surface area (Å²) >= 11 is 0. The number of carbonyl (C=O) groups is 1. The average Bonchev–Trinajstić information content (AvgIpc) is 3.10. The molecule has 0 unspecified atom stereocenters. The first-order chi connectivity index (χ1) is 13.8. The van der Waals surface area contributed by atoms with Crippen molar-refractivity contribution >= 4 is 11.9 Å².